The zero-order valence-electron chi connectivity index (χ0n) is 12.7. The van der Waals surface area contributed by atoms with Gasteiger partial charge in [0.25, 0.3) is 5.91 Å². The summed E-state index contributed by atoms with van der Waals surface area (Å²) in [6.45, 7) is 0.0450. The fourth-order valence-electron chi connectivity index (χ4n) is 1.67. The fourth-order valence-corrected chi connectivity index (χ4v) is 1.90. The number of carbonyl (C=O) groups is 2. The summed E-state index contributed by atoms with van der Waals surface area (Å²) in [7, 11) is 0. The van der Waals surface area contributed by atoms with Crippen LogP contribution in [0.4, 0.5) is 18.9 Å². The van der Waals surface area contributed by atoms with Gasteiger partial charge in [0.2, 0.25) is 0 Å². The maximum absolute atomic E-state index is 12.8. The van der Waals surface area contributed by atoms with Gasteiger partial charge in [0.1, 0.15) is 11.6 Å². The van der Waals surface area contributed by atoms with Gasteiger partial charge in [-0.1, -0.05) is 11.6 Å². The quantitative estimate of drug-likeness (QED) is 0.386. The van der Waals surface area contributed by atoms with Crippen LogP contribution < -0.4 is 10.6 Å². The first-order chi connectivity index (χ1) is 11.6. The lowest BCUT2D eigenvalue weighted by molar-refractivity contribution is -0.138. The lowest BCUT2D eigenvalue weighted by Gasteiger charge is -2.11. The number of nitrogens with one attached hydrogen (secondary N) is 2. The molecule has 0 saturated heterocycles. The molecule has 0 aliphatic rings. The molecule has 10 heteroatoms. The number of amides is 1. The average molecular weight is 376 g/mol. The number of rotatable bonds is 7. The molecule has 0 radical (unpaired) electrons. The van der Waals surface area contributed by atoms with Crippen LogP contribution in [0.5, 0.6) is 0 Å². The van der Waals surface area contributed by atoms with Crippen LogP contribution in [0.3, 0.4) is 0 Å². The first-order valence-corrected chi connectivity index (χ1v) is 7.26. The minimum atomic E-state index is -4.64. The van der Waals surface area contributed by atoms with Gasteiger partial charge in [-0.15, -0.1) is 0 Å². The highest BCUT2D eigenvalue weighted by Crippen LogP contribution is 2.36. The molecule has 0 aromatic heterocycles. The number of hydrogen-bond donors (Lipinski definition) is 3. The van der Waals surface area contributed by atoms with Crippen LogP contribution in [-0.2, 0) is 15.8 Å². The predicted molar refractivity (Wildman–Crippen MR) is 83.7 cm³/mol. The maximum atomic E-state index is 12.8. The number of aliphatic carboxylic acids is 1. The second-order valence-electron chi connectivity index (χ2n) is 4.76. The molecule has 0 bridgehead atoms. The van der Waals surface area contributed by atoms with Gasteiger partial charge in [-0.05, 0) is 24.6 Å². The SMILES string of the molecule is N#C/C(=C/Nc1ccc(Cl)c(C(F)(F)F)c1)C(=O)NCCCC(=O)O. The average Bonchev–Trinajstić information content (AvgIpc) is 2.52. The molecule has 134 valence electrons. The summed E-state index contributed by atoms with van der Waals surface area (Å²) in [4.78, 5) is 22.1. The molecule has 0 atom stereocenters. The van der Waals surface area contributed by atoms with Crippen LogP contribution in [0.15, 0.2) is 30.0 Å². The van der Waals surface area contributed by atoms with Gasteiger partial charge >= 0.3 is 12.1 Å². The Morgan fingerprint density at radius 1 is 1.36 bits per heavy atom. The van der Waals surface area contributed by atoms with E-state index in [1.165, 1.54) is 6.07 Å². The molecule has 0 aliphatic carbocycles. The summed E-state index contributed by atoms with van der Waals surface area (Å²) < 4.78 is 38.3. The number of alkyl halides is 3. The van der Waals surface area contributed by atoms with Gasteiger partial charge in [-0.25, -0.2) is 0 Å². The van der Waals surface area contributed by atoms with Crippen molar-refractivity contribution >= 4 is 29.2 Å². The third-order valence-electron chi connectivity index (χ3n) is 2.87. The van der Waals surface area contributed by atoms with E-state index in [1.54, 1.807) is 6.07 Å². The Morgan fingerprint density at radius 3 is 2.60 bits per heavy atom. The summed E-state index contributed by atoms with van der Waals surface area (Å²) in [5.74, 6) is -1.79. The van der Waals surface area contributed by atoms with Crippen molar-refractivity contribution in [3.63, 3.8) is 0 Å². The highest BCUT2D eigenvalue weighted by molar-refractivity contribution is 6.31. The van der Waals surface area contributed by atoms with Crippen LogP contribution in [-0.4, -0.2) is 23.5 Å². The standard InChI is InChI=1S/C15H13ClF3N3O3/c16-12-4-3-10(6-11(12)15(17,18)19)22-8-9(7-20)14(25)21-5-1-2-13(23)24/h3-4,6,8,22H,1-2,5H2,(H,21,25)(H,23,24)/b9-8-. The molecule has 3 N–H and O–H groups in total. The van der Waals surface area contributed by atoms with Crippen LogP contribution in [0.25, 0.3) is 0 Å². The summed E-state index contributed by atoms with van der Waals surface area (Å²) in [5.41, 5.74) is -1.44. The number of nitriles is 1. The Kier molecular flexibility index (Phi) is 7.26. The molecule has 0 fully saturated rings. The number of carboxylic acid groups (broad SMARTS) is 1. The number of benzene rings is 1. The highest BCUT2D eigenvalue weighted by Gasteiger charge is 2.33. The molecule has 1 aromatic carbocycles. The van der Waals surface area contributed by atoms with E-state index in [-0.39, 0.29) is 30.6 Å². The molecule has 0 spiro atoms. The molecule has 1 aromatic rings. The van der Waals surface area contributed by atoms with Crippen molar-refractivity contribution in [2.24, 2.45) is 0 Å². The summed E-state index contributed by atoms with van der Waals surface area (Å²) in [6, 6.07) is 4.65. The largest absolute Gasteiger partial charge is 0.481 e. The van der Waals surface area contributed by atoms with Gasteiger partial charge in [0, 0.05) is 24.9 Å². The molecular formula is C15H13ClF3N3O3. The Labute approximate surface area is 145 Å². The van der Waals surface area contributed by atoms with E-state index in [0.717, 1.165) is 18.3 Å². The number of carboxylic acids is 1. The Bertz CT molecular complexity index is 727. The number of halogens is 4. The number of nitrogens with zero attached hydrogens (tertiary/aromatic N) is 1. The number of anilines is 1. The minimum Gasteiger partial charge on any atom is -0.481 e. The van der Waals surface area contributed by atoms with Crippen molar-refractivity contribution in [1.82, 2.24) is 5.32 Å². The van der Waals surface area contributed by atoms with Crippen LogP contribution in [0, 0.1) is 11.3 Å². The smallest absolute Gasteiger partial charge is 0.417 e. The second kappa shape index (κ2) is 8.94. The Hall–Kier alpha value is -2.73. The van der Waals surface area contributed by atoms with E-state index >= 15 is 0 Å². The second-order valence-corrected chi connectivity index (χ2v) is 5.17. The van der Waals surface area contributed by atoms with Crippen molar-refractivity contribution in [3.8, 4) is 6.07 Å². The topological polar surface area (TPSA) is 102 Å². The Morgan fingerprint density at radius 2 is 2.04 bits per heavy atom. The molecule has 0 aliphatic heterocycles. The molecule has 0 unspecified atom stereocenters. The van der Waals surface area contributed by atoms with Crippen LogP contribution >= 0.6 is 11.6 Å². The molecule has 0 heterocycles. The van der Waals surface area contributed by atoms with Gasteiger partial charge in [-0.3, -0.25) is 9.59 Å². The van der Waals surface area contributed by atoms with Crippen LogP contribution in [0.2, 0.25) is 5.02 Å². The van der Waals surface area contributed by atoms with Gasteiger partial charge in [0.15, 0.2) is 0 Å². The van der Waals surface area contributed by atoms with Crippen molar-refractivity contribution in [1.29, 1.82) is 5.26 Å². The lowest BCUT2D eigenvalue weighted by Crippen LogP contribution is -2.26. The molecule has 1 amide bonds. The van der Waals surface area contributed by atoms with Crippen molar-refractivity contribution in [3.05, 3.63) is 40.6 Å². The number of hydrogen-bond acceptors (Lipinski definition) is 4. The minimum absolute atomic E-state index is 0.0110. The maximum Gasteiger partial charge on any atom is 0.417 e. The molecule has 6 nitrogen and oxygen atoms in total. The molecule has 1 rings (SSSR count). The summed E-state index contributed by atoms with van der Waals surface area (Å²) >= 11 is 5.49. The normalized spacial score (nSPS) is 11.6. The van der Waals surface area contributed by atoms with E-state index in [4.69, 9.17) is 22.0 Å². The van der Waals surface area contributed by atoms with E-state index in [0.29, 0.717) is 0 Å². The first-order valence-electron chi connectivity index (χ1n) is 6.88. The van der Waals surface area contributed by atoms with E-state index < -0.39 is 28.6 Å². The number of carbonyl (C=O) groups excluding carboxylic acids is 1. The molecule has 0 saturated carbocycles. The molecular weight excluding hydrogens is 363 g/mol. The molecule has 25 heavy (non-hydrogen) atoms. The van der Waals surface area contributed by atoms with E-state index in [9.17, 15) is 22.8 Å². The summed E-state index contributed by atoms with van der Waals surface area (Å²) in [5, 5.41) is 21.7. The highest BCUT2D eigenvalue weighted by atomic mass is 35.5. The van der Waals surface area contributed by atoms with Crippen LogP contribution in [0.1, 0.15) is 18.4 Å². The first kappa shape index (κ1) is 20.3. The van der Waals surface area contributed by atoms with Gasteiger partial charge in [-0.2, -0.15) is 18.4 Å². The lowest BCUT2D eigenvalue weighted by atomic mass is 10.2. The summed E-state index contributed by atoms with van der Waals surface area (Å²) in [6.07, 6.45) is -3.65. The zero-order valence-corrected chi connectivity index (χ0v) is 13.4. The van der Waals surface area contributed by atoms with Crippen molar-refractivity contribution < 1.29 is 27.9 Å². The van der Waals surface area contributed by atoms with E-state index in [2.05, 4.69) is 10.6 Å². The van der Waals surface area contributed by atoms with E-state index in [1.807, 2.05) is 0 Å². The monoisotopic (exact) mass is 375 g/mol. The van der Waals surface area contributed by atoms with Crippen molar-refractivity contribution in [2.75, 3.05) is 11.9 Å². The fraction of sp³-hybridized carbons (Fsp3) is 0.267. The Balaban J connectivity index is 2.76. The van der Waals surface area contributed by atoms with Crippen molar-refractivity contribution in [2.45, 2.75) is 19.0 Å². The zero-order chi connectivity index (χ0) is 19.0. The predicted octanol–water partition coefficient (Wildman–Crippen LogP) is 3.16. The van der Waals surface area contributed by atoms with Gasteiger partial charge < -0.3 is 15.7 Å². The van der Waals surface area contributed by atoms with Gasteiger partial charge in [0.05, 0.1) is 10.6 Å². The third-order valence-corrected chi connectivity index (χ3v) is 3.20. The third kappa shape index (κ3) is 6.73.